The fourth-order valence-corrected chi connectivity index (χ4v) is 4.23. The van der Waals surface area contributed by atoms with E-state index in [2.05, 4.69) is 4.98 Å². The molecule has 0 saturated heterocycles. The fraction of sp³-hybridized carbons (Fsp3) is 0.143. The Balaban J connectivity index is 1.56. The standard InChI is InChI=1S/C21H14ClFN2O3S/c22-15-1-2-18-17(7-15)20(26)25(11-24-18)8-13-5-16(23)6-14-9-27-21(28-19(13)14)12-3-4-29-10-12/h1-7,10-11,21H,8-9H2/t21-/m0/s1. The van der Waals surface area contributed by atoms with Gasteiger partial charge in [-0.05, 0) is 41.8 Å². The van der Waals surface area contributed by atoms with Crippen molar-refractivity contribution in [1.29, 1.82) is 0 Å². The molecule has 2 aromatic carbocycles. The van der Waals surface area contributed by atoms with Crippen molar-refractivity contribution in [3.63, 3.8) is 0 Å². The van der Waals surface area contributed by atoms with Gasteiger partial charge in [0, 0.05) is 27.1 Å². The lowest BCUT2D eigenvalue weighted by Crippen LogP contribution is -2.23. The quantitative estimate of drug-likeness (QED) is 0.465. The van der Waals surface area contributed by atoms with Gasteiger partial charge in [-0.3, -0.25) is 9.36 Å². The maximum absolute atomic E-state index is 14.2. The van der Waals surface area contributed by atoms with Gasteiger partial charge in [0.2, 0.25) is 6.29 Å². The summed E-state index contributed by atoms with van der Waals surface area (Å²) in [6.07, 6.45) is 0.883. The fourth-order valence-electron chi connectivity index (χ4n) is 3.40. The average molecular weight is 429 g/mol. The Morgan fingerprint density at radius 2 is 2.17 bits per heavy atom. The highest BCUT2D eigenvalue weighted by Crippen LogP contribution is 2.37. The molecule has 0 saturated carbocycles. The van der Waals surface area contributed by atoms with Crippen LogP contribution in [0.4, 0.5) is 4.39 Å². The van der Waals surface area contributed by atoms with Gasteiger partial charge in [0.25, 0.3) is 5.56 Å². The van der Waals surface area contributed by atoms with Gasteiger partial charge in [-0.2, -0.15) is 11.3 Å². The number of fused-ring (bicyclic) bond motifs is 2. The minimum absolute atomic E-state index is 0.116. The number of nitrogens with zero attached hydrogens (tertiary/aromatic N) is 2. The number of rotatable bonds is 3. The average Bonchev–Trinajstić information content (AvgIpc) is 3.25. The highest BCUT2D eigenvalue weighted by atomic mass is 35.5. The van der Waals surface area contributed by atoms with Crippen molar-refractivity contribution < 1.29 is 13.9 Å². The Morgan fingerprint density at radius 3 is 3.00 bits per heavy atom. The molecule has 0 bridgehead atoms. The molecule has 4 aromatic rings. The third-order valence-corrected chi connectivity index (χ3v) is 5.70. The first kappa shape index (κ1) is 18.3. The first-order chi connectivity index (χ1) is 14.1. The second-order valence-corrected chi connectivity index (χ2v) is 7.93. The topological polar surface area (TPSA) is 53.4 Å². The molecule has 5 nitrogen and oxygen atoms in total. The third-order valence-electron chi connectivity index (χ3n) is 4.76. The maximum Gasteiger partial charge on any atom is 0.261 e. The number of aromatic nitrogens is 2. The Kier molecular flexibility index (Phi) is 4.58. The summed E-state index contributed by atoms with van der Waals surface area (Å²) in [7, 11) is 0. The number of hydrogen-bond acceptors (Lipinski definition) is 5. The summed E-state index contributed by atoms with van der Waals surface area (Å²) in [6, 6.07) is 9.65. The molecular formula is C21H14ClFN2O3S. The van der Waals surface area contributed by atoms with Crippen LogP contribution in [-0.4, -0.2) is 9.55 Å². The largest absolute Gasteiger partial charge is 0.460 e. The van der Waals surface area contributed by atoms with Crippen molar-refractivity contribution in [2.75, 3.05) is 0 Å². The molecule has 1 atom stereocenters. The zero-order valence-corrected chi connectivity index (χ0v) is 16.5. The lowest BCUT2D eigenvalue weighted by molar-refractivity contribution is -0.111. The van der Waals surface area contributed by atoms with Gasteiger partial charge in [0.15, 0.2) is 0 Å². The number of halogens is 2. The number of ether oxygens (including phenoxy) is 2. The van der Waals surface area contributed by atoms with Crippen LogP contribution in [0.5, 0.6) is 5.75 Å². The van der Waals surface area contributed by atoms with Crippen LogP contribution < -0.4 is 10.3 Å². The minimum atomic E-state index is -0.566. The highest BCUT2D eigenvalue weighted by Gasteiger charge is 2.25. The highest BCUT2D eigenvalue weighted by molar-refractivity contribution is 7.07. The number of hydrogen-bond donors (Lipinski definition) is 0. The second-order valence-electron chi connectivity index (χ2n) is 6.71. The lowest BCUT2D eigenvalue weighted by Gasteiger charge is -2.28. The molecule has 0 unspecified atom stereocenters. The SMILES string of the molecule is O=c1c2cc(Cl)ccc2ncn1Cc1cc(F)cc2c1O[C@@H](c1ccsc1)OC2. The summed E-state index contributed by atoms with van der Waals surface area (Å²) >= 11 is 7.57. The molecular weight excluding hydrogens is 415 g/mol. The monoisotopic (exact) mass is 428 g/mol. The Labute approximate surface area is 173 Å². The molecule has 0 amide bonds. The van der Waals surface area contributed by atoms with Crippen LogP contribution in [0.1, 0.15) is 23.0 Å². The summed E-state index contributed by atoms with van der Waals surface area (Å²) in [5.41, 5.74) is 2.36. The Hall–Kier alpha value is -2.74. The molecule has 0 radical (unpaired) electrons. The van der Waals surface area contributed by atoms with Gasteiger partial charge >= 0.3 is 0 Å². The first-order valence-electron chi connectivity index (χ1n) is 8.85. The molecule has 1 aliphatic heterocycles. The van der Waals surface area contributed by atoms with Gasteiger partial charge in [0.1, 0.15) is 11.6 Å². The van der Waals surface area contributed by atoms with Crippen molar-refractivity contribution in [3.8, 4) is 5.75 Å². The van der Waals surface area contributed by atoms with Crippen LogP contribution in [0.15, 0.2) is 58.3 Å². The van der Waals surface area contributed by atoms with Crippen molar-refractivity contribution in [1.82, 2.24) is 9.55 Å². The van der Waals surface area contributed by atoms with Gasteiger partial charge in [-0.25, -0.2) is 9.37 Å². The molecule has 0 spiro atoms. The van der Waals surface area contributed by atoms with Gasteiger partial charge in [0.05, 0.1) is 30.4 Å². The van der Waals surface area contributed by atoms with Gasteiger partial charge in [-0.1, -0.05) is 11.6 Å². The van der Waals surface area contributed by atoms with E-state index < -0.39 is 12.1 Å². The van der Waals surface area contributed by atoms with Gasteiger partial charge in [-0.15, -0.1) is 0 Å². The molecule has 3 heterocycles. The first-order valence-corrected chi connectivity index (χ1v) is 10.2. The van der Waals surface area contributed by atoms with Crippen molar-refractivity contribution >= 4 is 33.8 Å². The van der Waals surface area contributed by atoms with E-state index in [1.165, 1.54) is 23.0 Å². The summed E-state index contributed by atoms with van der Waals surface area (Å²) in [5.74, 6) is 0.122. The molecule has 0 N–H and O–H groups in total. The smallest absolute Gasteiger partial charge is 0.261 e. The van der Waals surface area contributed by atoms with Gasteiger partial charge < -0.3 is 9.47 Å². The van der Waals surface area contributed by atoms with Crippen molar-refractivity contribution in [2.24, 2.45) is 0 Å². The summed E-state index contributed by atoms with van der Waals surface area (Å²) in [4.78, 5) is 17.2. The zero-order chi connectivity index (χ0) is 20.0. The van der Waals surface area contributed by atoms with E-state index in [4.69, 9.17) is 21.1 Å². The van der Waals surface area contributed by atoms with E-state index in [0.717, 1.165) is 5.56 Å². The molecule has 29 heavy (non-hydrogen) atoms. The summed E-state index contributed by atoms with van der Waals surface area (Å²) < 4.78 is 27.4. The normalized spacial score (nSPS) is 15.9. The molecule has 5 rings (SSSR count). The van der Waals surface area contributed by atoms with Crippen LogP contribution in [0.2, 0.25) is 5.02 Å². The van der Waals surface area contributed by atoms with E-state index in [0.29, 0.717) is 32.8 Å². The van der Waals surface area contributed by atoms with Crippen molar-refractivity contribution in [3.05, 3.63) is 91.4 Å². The van der Waals surface area contributed by atoms with Crippen molar-refractivity contribution in [2.45, 2.75) is 19.4 Å². The van der Waals surface area contributed by atoms with E-state index in [-0.39, 0.29) is 18.7 Å². The van der Waals surface area contributed by atoms with Crippen LogP contribution in [0, 0.1) is 5.82 Å². The summed E-state index contributed by atoms with van der Waals surface area (Å²) in [6.45, 7) is 0.339. The third kappa shape index (κ3) is 3.42. The molecule has 146 valence electrons. The van der Waals surface area contributed by atoms with Crippen LogP contribution >= 0.6 is 22.9 Å². The molecule has 0 aliphatic carbocycles. The summed E-state index contributed by atoms with van der Waals surface area (Å²) in [5, 5.41) is 4.75. The van der Waals surface area contributed by atoms with Crippen LogP contribution in [0.25, 0.3) is 10.9 Å². The van der Waals surface area contributed by atoms with E-state index >= 15 is 0 Å². The van der Waals surface area contributed by atoms with E-state index in [1.54, 1.807) is 29.5 Å². The molecule has 8 heteroatoms. The molecule has 0 fully saturated rings. The lowest BCUT2D eigenvalue weighted by atomic mass is 10.1. The van der Waals surface area contributed by atoms with Crippen LogP contribution in [0.3, 0.4) is 0 Å². The maximum atomic E-state index is 14.2. The van der Waals surface area contributed by atoms with Crippen LogP contribution in [-0.2, 0) is 17.9 Å². The van der Waals surface area contributed by atoms with E-state index in [9.17, 15) is 9.18 Å². The second kappa shape index (κ2) is 7.26. The number of benzene rings is 2. The number of thiophene rings is 1. The molecule has 2 aromatic heterocycles. The predicted molar refractivity (Wildman–Crippen MR) is 109 cm³/mol. The van der Waals surface area contributed by atoms with E-state index in [1.807, 2.05) is 16.8 Å². The zero-order valence-electron chi connectivity index (χ0n) is 15.0. The Bertz CT molecular complexity index is 1270. The Morgan fingerprint density at radius 1 is 1.28 bits per heavy atom. The minimum Gasteiger partial charge on any atom is -0.460 e. The molecule has 1 aliphatic rings. The predicted octanol–water partition coefficient (Wildman–Crippen LogP) is 4.91.